The Kier molecular flexibility index (Phi) is 5.41. The number of nitrogens with zero attached hydrogens (tertiary/aromatic N) is 4. The molecule has 1 heterocycles. The average Bonchev–Trinajstić information content (AvgIpc) is 2.96. The van der Waals surface area contributed by atoms with Crippen LogP contribution >= 0.6 is 0 Å². The molecule has 2 rings (SSSR count). The molecule has 0 aliphatic heterocycles. The number of rotatable bonds is 6. The molecule has 0 aliphatic rings. The SMILES string of the molecule is C=C(C)/C=C(\N=CC)OCc1cn(-c2ccc(F)c(C)c2)nn1. The molecule has 0 atom stereocenters. The van der Waals surface area contributed by atoms with Crippen molar-refractivity contribution in [3.05, 3.63) is 65.6 Å². The van der Waals surface area contributed by atoms with Gasteiger partial charge in [-0.3, -0.25) is 0 Å². The first-order valence-corrected chi connectivity index (χ1v) is 7.16. The van der Waals surface area contributed by atoms with Gasteiger partial charge in [-0.2, -0.15) is 0 Å². The van der Waals surface area contributed by atoms with Gasteiger partial charge in [-0.25, -0.2) is 14.1 Å². The molecule has 0 saturated heterocycles. The summed E-state index contributed by atoms with van der Waals surface area (Å²) in [4.78, 5) is 4.12. The minimum atomic E-state index is -0.246. The van der Waals surface area contributed by atoms with Gasteiger partial charge in [0.2, 0.25) is 5.88 Å². The van der Waals surface area contributed by atoms with E-state index in [0.29, 0.717) is 17.1 Å². The minimum Gasteiger partial charge on any atom is -0.471 e. The highest BCUT2D eigenvalue weighted by molar-refractivity contribution is 5.55. The van der Waals surface area contributed by atoms with Gasteiger partial charge in [0.15, 0.2) is 0 Å². The van der Waals surface area contributed by atoms with Crippen molar-refractivity contribution in [1.29, 1.82) is 0 Å². The fourth-order valence-corrected chi connectivity index (χ4v) is 1.86. The summed E-state index contributed by atoms with van der Waals surface area (Å²) in [7, 11) is 0. The zero-order valence-corrected chi connectivity index (χ0v) is 13.5. The van der Waals surface area contributed by atoms with Crippen molar-refractivity contribution in [3.8, 4) is 5.69 Å². The lowest BCUT2D eigenvalue weighted by Gasteiger charge is -2.04. The third-order valence-corrected chi connectivity index (χ3v) is 2.94. The van der Waals surface area contributed by atoms with Crippen LogP contribution < -0.4 is 0 Å². The fourth-order valence-electron chi connectivity index (χ4n) is 1.86. The second-order valence-corrected chi connectivity index (χ2v) is 5.09. The summed E-state index contributed by atoms with van der Waals surface area (Å²) in [6.45, 7) is 9.41. The molecule has 0 unspecified atom stereocenters. The Morgan fingerprint density at radius 3 is 2.91 bits per heavy atom. The zero-order valence-electron chi connectivity index (χ0n) is 13.5. The number of aryl methyl sites for hydroxylation is 1. The van der Waals surface area contributed by atoms with E-state index in [9.17, 15) is 4.39 Å². The molecule has 2 aromatic rings. The fraction of sp³-hybridized carbons (Fsp3) is 0.235. The van der Waals surface area contributed by atoms with Crippen LogP contribution in [0.25, 0.3) is 5.69 Å². The van der Waals surface area contributed by atoms with Crippen LogP contribution in [-0.4, -0.2) is 21.2 Å². The number of ether oxygens (including phenoxy) is 1. The highest BCUT2D eigenvalue weighted by Crippen LogP contribution is 2.14. The van der Waals surface area contributed by atoms with E-state index < -0.39 is 0 Å². The Bertz CT molecular complexity index is 762. The van der Waals surface area contributed by atoms with Crippen molar-refractivity contribution < 1.29 is 9.13 Å². The van der Waals surface area contributed by atoms with Crippen LogP contribution in [0.1, 0.15) is 25.1 Å². The quantitative estimate of drug-likeness (QED) is 0.464. The van der Waals surface area contributed by atoms with E-state index in [4.69, 9.17) is 4.74 Å². The summed E-state index contributed by atoms with van der Waals surface area (Å²) < 4.78 is 20.5. The number of allylic oxidation sites excluding steroid dienone is 2. The minimum absolute atomic E-state index is 0.233. The first-order chi connectivity index (χ1) is 11.0. The van der Waals surface area contributed by atoms with Gasteiger partial charge < -0.3 is 4.74 Å². The number of hydrogen-bond donors (Lipinski definition) is 0. The molecule has 120 valence electrons. The molecule has 0 bridgehead atoms. The molecule has 5 nitrogen and oxygen atoms in total. The molecule has 0 aliphatic carbocycles. The summed E-state index contributed by atoms with van der Waals surface area (Å²) >= 11 is 0. The van der Waals surface area contributed by atoms with Crippen molar-refractivity contribution in [1.82, 2.24) is 15.0 Å². The molecule has 0 saturated carbocycles. The van der Waals surface area contributed by atoms with E-state index in [1.807, 2.05) is 13.8 Å². The second-order valence-electron chi connectivity index (χ2n) is 5.09. The lowest BCUT2D eigenvalue weighted by atomic mass is 10.2. The normalized spacial score (nSPS) is 11.9. The topological polar surface area (TPSA) is 52.3 Å². The maximum Gasteiger partial charge on any atom is 0.213 e. The summed E-state index contributed by atoms with van der Waals surface area (Å²) in [5.74, 6) is 0.219. The van der Waals surface area contributed by atoms with E-state index >= 15 is 0 Å². The van der Waals surface area contributed by atoms with Gasteiger partial charge in [0.25, 0.3) is 0 Å². The number of halogens is 1. The molecule has 0 N–H and O–H groups in total. The molecular weight excluding hydrogens is 295 g/mol. The van der Waals surface area contributed by atoms with Crippen molar-refractivity contribution in [2.75, 3.05) is 0 Å². The molecule has 23 heavy (non-hydrogen) atoms. The van der Waals surface area contributed by atoms with E-state index in [-0.39, 0.29) is 12.4 Å². The lowest BCUT2D eigenvalue weighted by Crippen LogP contribution is -1.96. The van der Waals surface area contributed by atoms with Gasteiger partial charge in [-0.15, -0.1) is 5.10 Å². The van der Waals surface area contributed by atoms with E-state index in [1.54, 1.807) is 42.2 Å². The second kappa shape index (κ2) is 7.49. The van der Waals surface area contributed by atoms with E-state index in [0.717, 1.165) is 11.3 Å². The largest absolute Gasteiger partial charge is 0.471 e. The van der Waals surface area contributed by atoms with Gasteiger partial charge in [-0.1, -0.05) is 17.4 Å². The number of hydrogen-bond acceptors (Lipinski definition) is 4. The molecule has 0 fully saturated rings. The Morgan fingerprint density at radius 1 is 1.48 bits per heavy atom. The van der Waals surface area contributed by atoms with Crippen molar-refractivity contribution in [3.63, 3.8) is 0 Å². The average molecular weight is 314 g/mol. The third kappa shape index (κ3) is 4.60. The smallest absolute Gasteiger partial charge is 0.213 e. The van der Waals surface area contributed by atoms with Crippen molar-refractivity contribution in [2.24, 2.45) is 4.99 Å². The van der Waals surface area contributed by atoms with E-state index in [1.165, 1.54) is 6.07 Å². The summed E-state index contributed by atoms with van der Waals surface area (Å²) in [6, 6.07) is 4.77. The predicted molar refractivity (Wildman–Crippen MR) is 87.9 cm³/mol. The van der Waals surface area contributed by atoms with E-state index in [2.05, 4.69) is 21.9 Å². The van der Waals surface area contributed by atoms with Gasteiger partial charge in [-0.05, 0) is 44.5 Å². The molecule has 1 aromatic carbocycles. The van der Waals surface area contributed by atoms with Gasteiger partial charge in [0.1, 0.15) is 18.1 Å². The highest BCUT2D eigenvalue weighted by Gasteiger charge is 2.06. The third-order valence-electron chi connectivity index (χ3n) is 2.94. The van der Waals surface area contributed by atoms with Crippen molar-refractivity contribution >= 4 is 6.21 Å². The number of aromatic nitrogens is 3. The molecule has 0 radical (unpaired) electrons. The Labute approximate surface area is 134 Å². The van der Waals surface area contributed by atoms with Crippen LogP contribution in [0.15, 0.2) is 53.5 Å². The number of benzene rings is 1. The lowest BCUT2D eigenvalue weighted by molar-refractivity contribution is 0.193. The first-order valence-electron chi connectivity index (χ1n) is 7.16. The Balaban J connectivity index is 2.10. The molecule has 6 heteroatoms. The summed E-state index contributed by atoms with van der Waals surface area (Å²) in [5.41, 5.74) is 2.79. The van der Waals surface area contributed by atoms with Crippen LogP contribution in [0.2, 0.25) is 0 Å². The maximum absolute atomic E-state index is 13.3. The Morgan fingerprint density at radius 2 is 2.26 bits per heavy atom. The standard InChI is InChI=1S/C17H19FN4O/c1-5-19-17(8-12(2)3)23-11-14-10-22(21-20-14)15-6-7-16(18)13(4)9-15/h5-10H,2,11H2,1,3-4H3/b17-8+,19-5?. The summed E-state index contributed by atoms with van der Waals surface area (Å²) in [6.07, 6.45) is 5.13. The van der Waals surface area contributed by atoms with Gasteiger partial charge >= 0.3 is 0 Å². The molecule has 0 spiro atoms. The van der Waals surface area contributed by atoms with Crippen LogP contribution in [0.5, 0.6) is 0 Å². The monoisotopic (exact) mass is 314 g/mol. The molecule has 1 aromatic heterocycles. The van der Waals surface area contributed by atoms with Gasteiger partial charge in [0, 0.05) is 12.3 Å². The number of aliphatic imine (C=N–C) groups is 1. The van der Waals surface area contributed by atoms with Crippen LogP contribution in [0, 0.1) is 12.7 Å². The van der Waals surface area contributed by atoms with Crippen LogP contribution in [-0.2, 0) is 11.3 Å². The molecule has 0 amide bonds. The first kappa shape index (κ1) is 16.6. The predicted octanol–water partition coefficient (Wildman–Crippen LogP) is 3.74. The summed E-state index contributed by atoms with van der Waals surface area (Å²) in [5, 5.41) is 8.08. The molecular formula is C17H19FN4O. The van der Waals surface area contributed by atoms with Crippen molar-refractivity contribution in [2.45, 2.75) is 27.4 Å². The van der Waals surface area contributed by atoms with Crippen LogP contribution in [0.4, 0.5) is 4.39 Å². The zero-order chi connectivity index (χ0) is 16.8. The maximum atomic E-state index is 13.3. The Hall–Kier alpha value is -2.76. The van der Waals surface area contributed by atoms with Crippen LogP contribution in [0.3, 0.4) is 0 Å². The highest BCUT2D eigenvalue weighted by atomic mass is 19.1. The van der Waals surface area contributed by atoms with Gasteiger partial charge in [0.05, 0.1) is 11.9 Å².